The number of hydrogen-bond donors (Lipinski definition) is 1. The Labute approximate surface area is 85.1 Å². The lowest BCUT2D eigenvalue weighted by molar-refractivity contribution is 0.597. The van der Waals surface area contributed by atoms with Gasteiger partial charge in [0.15, 0.2) is 9.84 Å². The molecule has 0 spiro atoms. The Bertz CT molecular complexity index is 381. The quantitative estimate of drug-likeness (QED) is 0.831. The molecule has 0 aliphatic carbocycles. The number of hydrogen-bond acceptors (Lipinski definition) is 3. The zero-order valence-corrected chi connectivity index (χ0v) is 9.26. The van der Waals surface area contributed by atoms with Crippen LogP contribution in [0.5, 0.6) is 0 Å². The van der Waals surface area contributed by atoms with Gasteiger partial charge in [-0.1, -0.05) is 6.92 Å². The SMILES string of the molecule is CCNc1ccc(S(=O)(=O)CC)cc1. The fraction of sp³-hybridized carbons (Fsp3) is 0.400. The third kappa shape index (κ3) is 2.48. The van der Waals surface area contributed by atoms with Gasteiger partial charge in [-0.05, 0) is 31.2 Å². The van der Waals surface area contributed by atoms with Gasteiger partial charge in [0.05, 0.1) is 10.6 Å². The lowest BCUT2D eigenvalue weighted by Gasteiger charge is -2.04. The first-order valence-corrected chi connectivity index (χ1v) is 6.32. The predicted octanol–water partition coefficient (Wildman–Crippen LogP) is 1.91. The van der Waals surface area contributed by atoms with Crippen LogP contribution in [0, 0.1) is 0 Å². The van der Waals surface area contributed by atoms with Crippen molar-refractivity contribution in [3.63, 3.8) is 0 Å². The zero-order chi connectivity index (χ0) is 10.6. The van der Waals surface area contributed by atoms with E-state index in [9.17, 15) is 8.42 Å². The predicted molar refractivity (Wildman–Crippen MR) is 58.3 cm³/mol. The Kier molecular flexibility index (Phi) is 3.52. The van der Waals surface area contributed by atoms with Gasteiger partial charge in [-0.25, -0.2) is 8.42 Å². The van der Waals surface area contributed by atoms with Gasteiger partial charge in [-0.15, -0.1) is 0 Å². The average Bonchev–Trinajstić information content (AvgIpc) is 2.19. The number of nitrogens with one attached hydrogen (secondary N) is 1. The van der Waals surface area contributed by atoms with E-state index in [4.69, 9.17) is 0 Å². The molecule has 0 aromatic heterocycles. The lowest BCUT2D eigenvalue weighted by Crippen LogP contribution is -2.04. The molecule has 0 saturated carbocycles. The molecule has 0 bridgehead atoms. The second-order valence-corrected chi connectivity index (χ2v) is 5.24. The molecular weight excluding hydrogens is 198 g/mol. The Morgan fingerprint density at radius 1 is 1.14 bits per heavy atom. The Morgan fingerprint density at radius 2 is 1.71 bits per heavy atom. The minimum absolute atomic E-state index is 0.146. The van der Waals surface area contributed by atoms with Gasteiger partial charge in [-0.3, -0.25) is 0 Å². The van der Waals surface area contributed by atoms with Crippen LogP contribution in [0.15, 0.2) is 29.2 Å². The van der Waals surface area contributed by atoms with Crippen molar-refractivity contribution < 1.29 is 8.42 Å². The smallest absolute Gasteiger partial charge is 0.178 e. The third-order valence-corrected chi connectivity index (χ3v) is 3.72. The molecule has 14 heavy (non-hydrogen) atoms. The number of rotatable bonds is 4. The highest BCUT2D eigenvalue weighted by molar-refractivity contribution is 7.91. The molecule has 0 amide bonds. The van der Waals surface area contributed by atoms with Crippen molar-refractivity contribution in [3.05, 3.63) is 24.3 Å². The standard InChI is InChI=1S/C10H15NO2S/c1-3-11-9-5-7-10(8-6-9)14(12,13)4-2/h5-8,11H,3-4H2,1-2H3. The summed E-state index contributed by atoms with van der Waals surface area (Å²) in [5, 5.41) is 3.11. The first-order chi connectivity index (χ1) is 6.60. The van der Waals surface area contributed by atoms with Crippen molar-refractivity contribution >= 4 is 15.5 Å². The molecule has 0 radical (unpaired) electrons. The third-order valence-electron chi connectivity index (χ3n) is 1.97. The van der Waals surface area contributed by atoms with Gasteiger partial charge in [0.25, 0.3) is 0 Å². The van der Waals surface area contributed by atoms with E-state index in [1.165, 1.54) is 0 Å². The Hall–Kier alpha value is -1.03. The van der Waals surface area contributed by atoms with E-state index in [1.54, 1.807) is 31.2 Å². The molecule has 1 aromatic rings. The number of benzene rings is 1. The van der Waals surface area contributed by atoms with Crippen LogP contribution in [0.2, 0.25) is 0 Å². The molecule has 1 N–H and O–H groups in total. The van der Waals surface area contributed by atoms with E-state index >= 15 is 0 Å². The molecule has 0 aliphatic heterocycles. The largest absolute Gasteiger partial charge is 0.385 e. The minimum Gasteiger partial charge on any atom is -0.385 e. The van der Waals surface area contributed by atoms with Crippen LogP contribution in [0.3, 0.4) is 0 Å². The second-order valence-electron chi connectivity index (χ2n) is 2.96. The molecule has 0 unspecified atom stereocenters. The highest BCUT2D eigenvalue weighted by atomic mass is 32.2. The fourth-order valence-corrected chi connectivity index (χ4v) is 2.04. The van der Waals surface area contributed by atoms with E-state index in [0.717, 1.165) is 12.2 Å². The molecule has 0 heterocycles. The van der Waals surface area contributed by atoms with Crippen LogP contribution in [-0.2, 0) is 9.84 Å². The van der Waals surface area contributed by atoms with Crippen LogP contribution in [-0.4, -0.2) is 20.7 Å². The first kappa shape index (κ1) is 11.0. The maximum atomic E-state index is 11.4. The van der Waals surface area contributed by atoms with E-state index in [2.05, 4.69) is 5.32 Å². The average molecular weight is 213 g/mol. The van der Waals surface area contributed by atoms with Gasteiger partial charge in [0, 0.05) is 12.2 Å². The summed E-state index contributed by atoms with van der Waals surface area (Å²) in [6.45, 7) is 4.48. The van der Waals surface area contributed by atoms with Crippen molar-refractivity contribution in [2.75, 3.05) is 17.6 Å². The molecular formula is C10H15NO2S. The molecule has 1 rings (SSSR count). The minimum atomic E-state index is -3.06. The first-order valence-electron chi connectivity index (χ1n) is 4.67. The van der Waals surface area contributed by atoms with Crippen molar-refractivity contribution in [1.29, 1.82) is 0 Å². The summed E-state index contributed by atoms with van der Waals surface area (Å²) in [6.07, 6.45) is 0. The lowest BCUT2D eigenvalue weighted by atomic mass is 10.3. The Morgan fingerprint density at radius 3 is 2.14 bits per heavy atom. The number of sulfone groups is 1. The maximum absolute atomic E-state index is 11.4. The molecule has 0 fully saturated rings. The molecule has 0 aliphatic rings. The highest BCUT2D eigenvalue weighted by Crippen LogP contribution is 2.14. The summed E-state index contributed by atoms with van der Waals surface area (Å²) in [5.41, 5.74) is 0.947. The summed E-state index contributed by atoms with van der Waals surface area (Å²) >= 11 is 0. The van der Waals surface area contributed by atoms with Crippen molar-refractivity contribution in [1.82, 2.24) is 0 Å². The van der Waals surface area contributed by atoms with Crippen LogP contribution in [0.25, 0.3) is 0 Å². The summed E-state index contributed by atoms with van der Waals surface area (Å²) in [5.74, 6) is 0.146. The molecule has 4 heteroatoms. The van der Waals surface area contributed by atoms with Gasteiger partial charge >= 0.3 is 0 Å². The summed E-state index contributed by atoms with van der Waals surface area (Å²) in [6, 6.07) is 6.84. The van der Waals surface area contributed by atoms with Crippen LogP contribution >= 0.6 is 0 Å². The topological polar surface area (TPSA) is 46.2 Å². The Balaban J connectivity index is 2.94. The molecule has 3 nitrogen and oxygen atoms in total. The van der Waals surface area contributed by atoms with Crippen LogP contribution in [0.1, 0.15) is 13.8 Å². The normalized spacial score (nSPS) is 11.3. The van der Waals surface area contributed by atoms with Crippen molar-refractivity contribution in [3.8, 4) is 0 Å². The fourth-order valence-electron chi connectivity index (χ4n) is 1.15. The molecule has 0 saturated heterocycles. The van der Waals surface area contributed by atoms with E-state index in [0.29, 0.717) is 4.90 Å². The van der Waals surface area contributed by atoms with Gasteiger partial charge < -0.3 is 5.32 Å². The van der Waals surface area contributed by atoms with Crippen LogP contribution < -0.4 is 5.32 Å². The van der Waals surface area contributed by atoms with E-state index in [1.807, 2.05) is 6.92 Å². The summed E-state index contributed by atoms with van der Waals surface area (Å²) in [4.78, 5) is 0.390. The zero-order valence-electron chi connectivity index (χ0n) is 8.45. The summed E-state index contributed by atoms with van der Waals surface area (Å²) in [7, 11) is -3.06. The monoisotopic (exact) mass is 213 g/mol. The van der Waals surface area contributed by atoms with Crippen molar-refractivity contribution in [2.24, 2.45) is 0 Å². The molecule has 0 atom stereocenters. The van der Waals surface area contributed by atoms with E-state index < -0.39 is 9.84 Å². The highest BCUT2D eigenvalue weighted by Gasteiger charge is 2.10. The van der Waals surface area contributed by atoms with Gasteiger partial charge in [0.1, 0.15) is 0 Å². The van der Waals surface area contributed by atoms with Gasteiger partial charge in [0.2, 0.25) is 0 Å². The van der Waals surface area contributed by atoms with Gasteiger partial charge in [-0.2, -0.15) is 0 Å². The maximum Gasteiger partial charge on any atom is 0.178 e. The molecule has 1 aromatic carbocycles. The van der Waals surface area contributed by atoms with Crippen molar-refractivity contribution in [2.45, 2.75) is 18.7 Å². The second kappa shape index (κ2) is 4.46. The van der Waals surface area contributed by atoms with E-state index in [-0.39, 0.29) is 5.75 Å². The summed E-state index contributed by atoms with van der Waals surface area (Å²) < 4.78 is 22.9. The van der Waals surface area contributed by atoms with Crippen LogP contribution in [0.4, 0.5) is 5.69 Å². The molecule has 78 valence electrons. The number of anilines is 1.